The van der Waals surface area contributed by atoms with Gasteiger partial charge in [-0.3, -0.25) is 14.2 Å². The van der Waals surface area contributed by atoms with E-state index in [-0.39, 0.29) is 17.2 Å². The Morgan fingerprint density at radius 1 is 1.09 bits per heavy atom. The number of para-hydroxylation sites is 3. The number of aryl methyl sites for hydroxylation is 2. The summed E-state index contributed by atoms with van der Waals surface area (Å²) in [5.74, 6) is 0.431. The molecule has 0 aliphatic carbocycles. The molecule has 0 bridgehead atoms. The van der Waals surface area contributed by atoms with Crippen molar-refractivity contribution in [1.82, 2.24) is 14.5 Å². The van der Waals surface area contributed by atoms with E-state index in [1.807, 2.05) is 68.4 Å². The van der Waals surface area contributed by atoms with E-state index in [1.165, 1.54) is 11.8 Å². The fourth-order valence-electron chi connectivity index (χ4n) is 4.08. The maximum absolute atomic E-state index is 13.8. The summed E-state index contributed by atoms with van der Waals surface area (Å²) >= 11 is 1.22. The lowest BCUT2D eigenvalue weighted by molar-refractivity contribution is -0.113. The number of ether oxygens (including phenoxy) is 1. The number of carbonyl (C=O) groups excluding carboxylic acids is 1. The molecule has 0 spiro atoms. The number of anilines is 1. The fourth-order valence-corrected chi connectivity index (χ4v) is 4.87. The van der Waals surface area contributed by atoms with Crippen LogP contribution in [0.1, 0.15) is 11.1 Å². The van der Waals surface area contributed by atoms with Crippen LogP contribution in [0.2, 0.25) is 0 Å². The average molecular weight is 485 g/mol. The molecule has 1 amide bonds. The van der Waals surface area contributed by atoms with E-state index in [0.29, 0.717) is 27.6 Å². The van der Waals surface area contributed by atoms with Crippen molar-refractivity contribution in [2.24, 2.45) is 0 Å². The van der Waals surface area contributed by atoms with Crippen molar-refractivity contribution in [1.29, 1.82) is 0 Å². The number of benzene rings is 3. The highest BCUT2D eigenvalue weighted by Gasteiger charge is 2.19. The van der Waals surface area contributed by atoms with Gasteiger partial charge in [-0.05, 0) is 49.2 Å². The van der Waals surface area contributed by atoms with Crippen molar-refractivity contribution in [3.63, 3.8) is 0 Å². The minimum atomic E-state index is -0.222. The molecule has 0 saturated heterocycles. The predicted molar refractivity (Wildman–Crippen MR) is 141 cm³/mol. The Hall–Kier alpha value is -4.04. The van der Waals surface area contributed by atoms with Crippen molar-refractivity contribution < 1.29 is 9.53 Å². The molecule has 2 aromatic heterocycles. The number of amides is 1. The molecule has 7 nitrogen and oxygen atoms in total. The molecule has 5 rings (SSSR count). The van der Waals surface area contributed by atoms with Crippen molar-refractivity contribution in [3.05, 3.63) is 88.2 Å². The summed E-state index contributed by atoms with van der Waals surface area (Å²) in [4.78, 5) is 34.7. The quantitative estimate of drug-likeness (QED) is 0.255. The lowest BCUT2D eigenvalue weighted by atomic mass is 10.1. The summed E-state index contributed by atoms with van der Waals surface area (Å²) < 4.78 is 6.92. The molecule has 5 aromatic rings. The Labute approximate surface area is 206 Å². The van der Waals surface area contributed by atoms with Crippen molar-refractivity contribution >= 4 is 45.3 Å². The number of hydrogen-bond acceptors (Lipinski definition) is 5. The molecule has 2 heterocycles. The van der Waals surface area contributed by atoms with Crippen LogP contribution in [-0.4, -0.2) is 33.3 Å². The topological polar surface area (TPSA) is 89.0 Å². The third kappa shape index (κ3) is 4.28. The number of methoxy groups -OCH3 is 1. The van der Waals surface area contributed by atoms with Gasteiger partial charge in [0.1, 0.15) is 16.8 Å². The Bertz CT molecular complexity index is 1640. The second-order valence-corrected chi connectivity index (χ2v) is 9.20. The van der Waals surface area contributed by atoms with Crippen molar-refractivity contribution in [2.45, 2.75) is 19.0 Å². The van der Waals surface area contributed by atoms with Gasteiger partial charge in [0.2, 0.25) is 5.91 Å². The third-order valence-electron chi connectivity index (χ3n) is 5.81. The molecule has 0 aliphatic rings. The van der Waals surface area contributed by atoms with Crippen LogP contribution in [0.5, 0.6) is 5.75 Å². The van der Waals surface area contributed by atoms with Crippen LogP contribution in [0.4, 0.5) is 5.69 Å². The monoisotopic (exact) mass is 484 g/mol. The standard InChI is InChI=1S/C27H24N4O3S/c1-16-12-13-17(2)21(14-16)31-26(33)25-24(18-8-4-5-9-19(18)29-25)30-27(31)35-15-23(32)28-20-10-6-7-11-22(20)34-3/h4-14,29H,15H2,1-3H3,(H,28,32). The molecule has 176 valence electrons. The van der Waals surface area contributed by atoms with Gasteiger partial charge >= 0.3 is 0 Å². The number of carbonyl (C=O) groups is 1. The minimum absolute atomic E-state index is 0.0726. The second-order valence-electron chi connectivity index (χ2n) is 8.26. The molecule has 2 N–H and O–H groups in total. The van der Waals surface area contributed by atoms with E-state index in [0.717, 1.165) is 27.7 Å². The largest absolute Gasteiger partial charge is 0.495 e. The van der Waals surface area contributed by atoms with Gasteiger partial charge in [0.15, 0.2) is 5.16 Å². The van der Waals surface area contributed by atoms with E-state index in [2.05, 4.69) is 10.3 Å². The van der Waals surface area contributed by atoms with Gasteiger partial charge in [-0.2, -0.15) is 0 Å². The molecule has 0 atom stereocenters. The summed E-state index contributed by atoms with van der Waals surface area (Å²) in [5.41, 5.74) is 4.98. The smallest absolute Gasteiger partial charge is 0.283 e. The minimum Gasteiger partial charge on any atom is -0.495 e. The number of nitrogens with zero attached hydrogens (tertiary/aromatic N) is 2. The van der Waals surface area contributed by atoms with Gasteiger partial charge in [-0.25, -0.2) is 4.98 Å². The molecular weight excluding hydrogens is 460 g/mol. The first-order chi connectivity index (χ1) is 17.0. The van der Waals surface area contributed by atoms with Crippen LogP contribution >= 0.6 is 11.8 Å². The first-order valence-corrected chi connectivity index (χ1v) is 12.1. The molecule has 0 radical (unpaired) electrons. The Morgan fingerprint density at radius 2 is 1.86 bits per heavy atom. The SMILES string of the molecule is COc1ccccc1NC(=O)CSc1nc2c([nH]c3ccccc32)c(=O)n1-c1cc(C)ccc1C. The number of nitrogens with one attached hydrogen (secondary N) is 2. The van der Waals surface area contributed by atoms with Gasteiger partial charge in [-0.1, -0.05) is 54.2 Å². The normalized spacial score (nSPS) is 11.2. The zero-order valence-electron chi connectivity index (χ0n) is 19.6. The molecule has 8 heteroatoms. The fraction of sp³-hybridized carbons (Fsp3) is 0.148. The van der Waals surface area contributed by atoms with E-state index in [4.69, 9.17) is 9.72 Å². The average Bonchev–Trinajstić information content (AvgIpc) is 3.24. The van der Waals surface area contributed by atoms with Crippen LogP contribution in [0.15, 0.2) is 76.7 Å². The summed E-state index contributed by atoms with van der Waals surface area (Å²) in [5, 5.41) is 4.21. The molecule has 0 aliphatic heterocycles. The van der Waals surface area contributed by atoms with Crippen LogP contribution in [0.3, 0.4) is 0 Å². The zero-order valence-corrected chi connectivity index (χ0v) is 20.4. The first kappa shape index (κ1) is 22.7. The zero-order chi connectivity index (χ0) is 24.5. The summed E-state index contributed by atoms with van der Waals surface area (Å²) in [6, 6.07) is 20.9. The second kappa shape index (κ2) is 9.31. The first-order valence-electron chi connectivity index (χ1n) is 11.1. The highest BCUT2D eigenvalue weighted by Crippen LogP contribution is 2.28. The molecular formula is C27H24N4O3S. The van der Waals surface area contributed by atoms with Crippen LogP contribution in [-0.2, 0) is 4.79 Å². The van der Waals surface area contributed by atoms with Gasteiger partial charge in [-0.15, -0.1) is 0 Å². The molecule has 0 unspecified atom stereocenters. The van der Waals surface area contributed by atoms with Gasteiger partial charge < -0.3 is 15.0 Å². The number of fused-ring (bicyclic) bond motifs is 3. The number of rotatable bonds is 6. The Balaban J connectivity index is 1.59. The highest BCUT2D eigenvalue weighted by molar-refractivity contribution is 7.99. The summed E-state index contributed by atoms with van der Waals surface area (Å²) in [6.07, 6.45) is 0. The number of thioether (sulfide) groups is 1. The summed E-state index contributed by atoms with van der Waals surface area (Å²) in [6.45, 7) is 3.94. The number of H-pyrrole nitrogens is 1. The lowest BCUT2D eigenvalue weighted by Crippen LogP contribution is -2.23. The van der Waals surface area contributed by atoms with Gasteiger partial charge in [0.05, 0.1) is 24.2 Å². The van der Waals surface area contributed by atoms with E-state index in [1.54, 1.807) is 23.8 Å². The van der Waals surface area contributed by atoms with E-state index < -0.39 is 0 Å². The van der Waals surface area contributed by atoms with Gasteiger partial charge in [0.25, 0.3) is 5.56 Å². The number of aromatic amines is 1. The number of aromatic nitrogens is 3. The van der Waals surface area contributed by atoms with E-state index in [9.17, 15) is 9.59 Å². The molecule has 35 heavy (non-hydrogen) atoms. The Morgan fingerprint density at radius 3 is 2.69 bits per heavy atom. The van der Waals surface area contributed by atoms with E-state index >= 15 is 0 Å². The van der Waals surface area contributed by atoms with Crippen LogP contribution < -0.4 is 15.6 Å². The lowest BCUT2D eigenvalue weighted by Gasteiger charge is -2.15. The van der Waals surface area contributed by atoms with Crippen LogP contribution in [0, 0.1) is 13.8 Å². The predicted octanol–water partition coefficient (Wildman–Crippen LogP) is 5.22. The maximum atomic E-state index is 13.8. The Kier molecular flexibility index (Phi) is 6.05. The molecule has 0 fully saturated rings. The molecule has 3 aromatic carbocycles. The van der Waals surface area contributed by atoms with Crippen molar-refractivity contribution in [3.8, 4) is 11.4 Å². The molecule has 0 saturated carbocycles. The third-order valence-corrected chi connectivity index (χ3v) is 6.75. The van der Waals surface area contributed by atoms with Crippen LogP contribution in [0.25, 0.3) is 27.6 Å². The summed E-state index contributed by atoms with van der Waals surface area (Å²) in [7, 11) is 1.56. The maximum Gasteiger partial charge on any atom is 0.283 e. The highest BCUT2D eigenvalue weighted by atomic mass is 32.2. The van der Waals surface area contributed by atoms with Gasteiger partial charge in [0, 0.05) is 10.9 Å². The van der Waals surface area contributed by atoms with Crippen molar-refractivity contribution in [2.75, 3.05) is 18.2 Å². The number of hydrogen-bond donors (Lipinski definition) is 2.